The number of carbonyl (C=O) groups is 1. The molecule has 4 nitrogen and oxygen atoms in total. The summed E-state index contributed by atoms with van der Waals surface area (Å²) in [5.74, 6) is 0.147. The number of nitrogens with zero attached hydrogens (tertiary/aromatic N) is 3. The maximum Gasteiger partial charge on any atom is 0.416 e. The van der Waals surface area contributed by atoms with Crippen molar-refractivity contribution in [2.75, 3.05) is 19.6 Å². The van der Waals surface area contributed by atoms with Gasteiger partial charge in [-0.05, 0) is 62.1 Å². The molecule has 0 radical (unpaired) electrons. The lowest BCUT2D eigenvalue weighted by Crippen LogP contribution is -2.46. The molecule has 166 valence electrons. The van der Waals surface area contributed by atoms with Crippen LogP contribution in [0.5, 0.6) is 0 Å². The van der Waals surface area contributed by atoms with E-state index in [-0.39, 0.29) is 11.9 Å². The maximum atomic E-state index is 12.8. The Bertz CT molecular complexity index is 905. The van der Waals surface area contributed by atoms with E-state index in [1.165, 1.54) is 12.1 Å². The summed E-state index contributed by atoms with van der Waals surface area (Å²) in [5, 5.41) is 0. The van der Waals surface area contributed by atoms with Crippen LogP contribution in [0, 0.1) is 0 Å². The lowest BCUT2D eigenvalue weighted by atomic mass is 10.0. The first-order chi connectivity index (χ1) is 14.8. The fraction of sp³-hybridized carbons (Fsp3) is 0.500. The molecular weight excluding hydrogens is 403 g/mol. The van der Waals surface area contributed by atoms with Crippen molar-refractivity contribution >= 4 is 5.91 Å². The number of halogens is 3. The minimum Gasteiger partial charge on any atom is -0.343 e. The normalized spacial score (nSPS) is 20.9. The summed E-state index contributed by atoms with van der Waals surface area (Å²) >= 11 is 0. The van der Waals surface area contributed by atoms with Crippen molar-refractivity contribution in [3.8, 4) is 0 Å². The number of amides is 1. The van der Waals surface area contributed by atoms with Crippen LogP contribution in [0.15, 0.2) is 42.5 Å². The third-order valence-corrected chi connectivity index (χ3v) is 6.51. The Hall–Kier alpha value is -2.41. The number of aromatic nitrogens is 1. The van der Waals surface area contributed by atoms with E-state index in [4.69, 9.17) is 4.98 Å². The van der Waals surface area contributed by atoms with Gasteiger partial charge >= 0.3 is 6.18 Å². The van der Waals surface area contributed by atoms with Gasteiger partial charge in [-0.3, -0.25) is 14.7 Å². The van der Waals surface area contributed by atoms with E-state index < -0.39 is 11.7 Å². The van der Waals surface area contributed by atoms with Crippen molar-refractivity contribution in [2.24, 2.45) is 0 Å². The van der Waals surface area contributed by atoms with E-state index in [1.54, 1.807) is 6.92 Å². The zero-order valence-electron chi connectivity index (χ0n) is 17.7. The van der Waals surface area contributed by atoms with Gasteiger partial charge in [-0.1, -0.05) is 18.2 Å². The van der Waals surface area contributed by atoms with Crippen molar-refractivity contribution < 1.29 is 18.0 Å². The Morgan fingerprint density at radius 3 is 2.39 bits per heavy atom. The molecule has 0 N–H and O–H groups in total. The minimum absolute atomic E-state index is 0.147. The number of piperidine rings is 1. The summed E-state index contributed by atoms with van der Waals surface area (Å²) in [5.41, 5.74) is 2.10. The summed E-state index contributed by atoms with van der Waals surface area (Å²) in [6.45, 7) is 4.29. The first-order valence-corrected chi connectivity index (χ1v) is 10.9. The Morgan fingerprint density at radius 2 is 1.74 bits per heavy atom. The number of alkyl halides is 3. The highest BCUT2D eigenvalue weighted by Crippen LogP contribution is 2.35. The Labute approximate surface area is 181 Å². The van der Waals surface area contributed by atoms with E-state index in [9.17, 15) is 18.0 Å². The summed E-state index contributed by atoms with van der Waals surface area (Å²) in [6, 6.07) is 12.0. The molecule has 2 saturated heterocycles. The van der Waals surface area contributed by atoms with Crippen LogP contribution in [0.4, 0.5) is 13.2 Å². The molecule has 2 aliphatic rings. The lowest BCUT2D eigenvalue weighted by Gasteiger charge is -2.39. The Balaban J connectivity index is 1.44. The van der Waals surface area contributed by atoms with Crippen LogP contribution >= 0.6 is 0 Å². The van der Waals surface area contributed by atoms with Crippen molar-refractivity contribution in [3.05, 3.63) is 65.0 Å². The van der Waals surface area contributed by atoms with Crippen LogP contribution in [-0.4, -0.2) is 46.4 Å². The van der Waals surface area contributed by atoms with Crippen LogP contribution in [0.25, 0.3) is 0 Å². The topological polar surface area (TPSA) is 36.4 Å². The second kappa shape index (κ2) is 8.99. The third kappa shape index (κ3) is 5.09. The molecule has 0 aliphatic carbocycles. The van der Waals surface area contributed by atoms with Gasteiger partial charge in [-0.15, -0.1) is 0 Å². The second-order valence-corrected chi connectivity index (χ2v) is 8.56. The first-order valence-electron chi connectivity index (χ1n) is 10.9. The summed E-state index contributed by atoms with van der Waals surface area (Å²) < 4.78 is 38.4. The maximum absolute atomic E-state index is 12.8. The highest BCUT2D eigenvalue weighted by Gasteiger charge is 2.35. The number of carbonyl (C=O) groups excluding carboxylic acids is 1. The van der Waals surface area contributed by atoms with E-state index in [1.807, 2.05) is 17.0 Å². The quantitative estimate of drug-likeness (QED) is 0.695. The highest BCUT2D eigenvalue weighted by atomic mass is 19.4. The summed E-state index contributed by atoms with van der Waals surface area (Å²) in [4.78, 5) is 21.0. The van der Waals surface area contributed by atoms with Crippen molar-refractivity contribution in [2.45, 2.75) is 57.3 Å². The van der Waals surface area contributed by atoms with Gasteiger partial charge in [-0.2, -0.15) is 13.2 Å². The highest BCUT2D eigenvalue weighted by molar-refractivity contribution is 5.73. The van der Waals surface area contributed by atoms with Gasteiger partial charge in [-0.25, -0.2) is 0 Å². The van der Waals surface area contributed by atoms with Crippen LogP contribution in [0.1, 0.15) is 61.2 Å². The third-order valence-electron chi connectivity index (χ3n) is 6.51. The number of benzene rings is 1. The molecule has 3 heterocycles. The molecule has 2 fully saturated rings. The van der Waals surface area contributed by atoms with Crippen LogP contribution in [0.2, 0.25) is 0 Å². The van der Waals surface area contributed by atoms with Crippen molar-refractivity contribution in [3.63, 3.8) is 0 Å². The summed E-state index contributed by atoms with van der Waals surface area (Å²) in [6.07, 6.45) is 0.355. The van der Waals surface area contributed by atoms with Crippen LogP contribution < -0.4 is 0 Å². The zero-order chi connectivity index (χ0) is 22.0. The average Bonchev–Trinajstić information content (AvgIpc) is 3.24. The molecule has 1 amide bonds. The molecule has 1 aromatic carbocycles. The Morgan fingerprint density at radius 1 is 1.03 bits per heavy atom. The molecule has 0 spiro atoms. The first kappa shape index (κ1) is 21.8. The Kier molecular flexibility index (Phi) is 6.32. The van der Waals surface area contributed by atoms with Crippen molar-refractivity contribution in [1.29, 1.82) is 0 Å². The van der Waals surface area contributed by atoms with E-state index >= 15 is 0 Å². The van der Waals surface area contributed by atoms with E-state index in [2.05, 4.69) is 11.0 Å². The largest absolute Gasteiger partial charge is 0.416 e. The molecular formula is C24H28F3N3O. The van der Waals surface area contributed by atoms with Crippen LogP contribution in [-0.2, 0) is 17.4 Å². The molecule has 31 heavy (non-hydrogen) atoms. The molecule has 0 bridgehead atoms. The van der Waals surface area contributed by atoms with Gasteiger partial charge < -0.3 is 4.90 Å². The van der Waals surface area contributed by atoms with Gasteiger partial charge in [0.05, 0.1) is 17.3 Å². The number of likely N-dealkylation sites (tertiary alicyclic amines) is 2. The predicted molar refractivity (Wildman–Crippen MR) is 112 cm³/mol. The van der Waals surface area contributed by atoms with Crippen LogP contribution in [0.3, 0.4) is 0 Å². The van der Waals surface area contributed by atoms with E-state index in [0.29, 0.717) is 12.5 Å². The monoisotopic (exact) mass is 431 g/mol. The number of pyridine rings is 1. The molecule has 4 rings (SSSR count). The molecule has 1 atom stereocenters. The van der Waals surface area contributed by atoms with Gasteiger partial charge in [0.2, 0.25) is 5.91 Å². The predicted octanol–water partition coefficient (Wildman–Crippen LogP) is 4.84. The average molecular weight is 432 g/mol. The lowest BCUT2D eigenvalue weighted by molar-refractivity contribution is -0.137. The number of hydrogen-bond acceptors (Lipinski definition) is 3. The molecule has 0 unspecified atom stereocenters. The SMILES string of the molecule is CC(=O)N1CCC(N2CCC[C@H]2c2cccc(Cc3ccc(C(F)(F)F)cc3)n2)CC1. The molecule has 0 saturated carbocycles. The van der Waals surface area contributed by atoms with Gasteiger partial charge in [0.15, 0.2) is 0 Å². The fourth-order valence-corrected chi connectivity index (χ4v) is 4.86. The summed E-state index contributed by atoms with van der Waals surface area (Å²) in [7, 11) is 0. The molecule has 2 aromatic rings. The number of rotatable bonds is 4. The van der Waals surface area contributed by atoms with Crippen molar-refractivity contribution in [1.82, 2.24) is 14.8 Å². The smallest absolute Gasteiger partial charge is 0.343 e. The van der Waals surface area contributed by atoms with Gasteiger partial charge in [0.1, 0.15) is 0 Å². The molecule has 1 aromatic heterocycles. The van der Waals surface area contributed by atoms with Gasteiger partial charge in [0, 0.05) is 38.2 Å². The standard InChI is InChI=1S/C24H28F3N3O/c1-17(31)29-14-11-21(12-15-29)30-13-3-6-23(30)22-5-2-4-20(28-22)16-18-7-9-19(10-8-18)24(25,26)27/h2,4-5,7-10,21,23H,3,6,11-16H2,1H3/t23-/m0/s1. The molecule has 2 aliphatic heterocycles. The van der Waals surface area contributed by atoms with Gasteiger partial charge in [0.25, 0.3) is 0 Å². The fourth-order valence-electron chi connectivity index (χ4n) is 4.86. The second-order valence-electron chi connectivity index (χ2n) is 8.56. The van der Waals surface area contributed by atoms with E-state index in [0.717, 1.165) is 74.4 Å². The number of hydrogen-bond donors (Lipinski definition) is 0. The zero-order valence-corrected chi connectivity index (χ0v) is 17.7. The minimum atomic E-state index is -4.32. The molecule has 7 heteroatoms.